The van der Waals surface area contributed by atoms with Gasteiger partial charge in [-0.05, 0) is 50.2 Å². The molecule has 0 aliphatic heterocycles. The van der Waals surface area contributed by atoms with Crippen LogP contribution in [0.15, 0.2) is 43.9 Å². The van der Waals surface area contributed by atoms with Crippen LogP contribution in [0.25, 0.3) is 22.3 Å². The molecule has 3 saturated carbocycles. The van der Waals surface area contributed by atoms with E-state index in [0.717, 1.165) is 42.8 Å². The molecule has 0 amide bonds. The van der Waals surface area contributed by atoms with Crippen molar-refractivity contribution in [2.75, 3.05) is 34.4 Å². The highest BCUT2D eigenvalue weighted by molar-refractivity contribution is 5.85. The summed E-state index contributed by atoms with van der Waals surface area (Å²) in [5, 5.41) is 81.2. The third kappa shape index (κ3) is 9.27. The van der Waals surface area contributed by atoms with E-state index in [1.54, 1.807) is 31.5 Å². The highest BCUT2D eigenvalue weighted by atomic mass is 16.3. The van der Waals surface area contributed by atoms with E-state index in [-0.39, 0.29) is 12.1 Å². The molecule has 27 nitrogen and oxygen atoms in total. The minimum absolute atomic E-state index is 0.0384. The highest BCUT2D eigenvalue weighted by Crippen LogP contribution is 2.42. The zero-order valence-electron chi connectivity index (χ0n) is 40.6. The Morgan fingerprint density at radius 3 is 1.51 bits per heavy atom. The first-order valence-electron chi connectivity index (χ1n) is 24.8. The maximum Gasteiger partial charge on any atom is 0.226 e. The first-order chi connectivity index (χ1) is 35.0. The molecule has 8 atom stereocenters. The van der Waals surface area contributed by atoms with Crippen molar-refractivity contribution < 1.29 is 20.4 Å². The Kier molecular flexibility index (Phi) is 12.9. The van der Waals surface area contributed by atoms with E-state index < -0.39 is 48.6 Å². The molecule has 0 unspecified atom stereocenters. The van der Waals surface area contributed by atoms with Gasteiger partial charge in [-0.1, -0.05) is 13.8 Å². The summed E-state index contributed by atoms with van der Waals surface area (Å²) in [6, 6.07) is -2.17. The van der Waals surface area contributed by atoms with Gasteiger partial charge in [-0.3, -0.25) is 0 Å². The molecule has 380 valence electrons. The third-order valence-corrected chi connectivity index (χ3v) is 14.4. The molecule has 0 radical (unpaired) electrons. The molecule has 27 heteroatoms. The molecule has 0 saturated heterocycles. The Morgan fingerprint density at radius 1 is 0.569 bits per heavy atom. The second-order valence-electron chi connectivity index (χ2n) is 19.3. The second kappa shape index (κ2) is 19.8. The Hall–Kier alpha value is -7.23. The molecule has 8 aromatic heterocycles. The summed E-state index contributed by atoms with van der Waals surface area (Å²) >= 11 is 0. The number of aromatic nitrogens is 19. The van der Waals surface area contributed by atoms with E-state index in [2.05, 4.69) is 56.8 Å². The van der Waals surface area contributed by atoms with E-state index in [1.165, 1.54) is 9.59 Å². The molecule has 3 aliphatic carbocycles. The predicted octanol–water partition coefficient (Wildman–Crippen LogP) is 1.10. The molecule has 8 heterocycles. The molecule has 0 spiro atoms. The number of nitrogens with one attached hydrogen (secondary N) is 4. The largest absolute Gasteiger partial charge is 0.388 e. The Bertz CT molecular complexity index is 2920. The van der Waals surface area contributed by atoms with E-state index >= 15 is 0 Å². The van der Waals surface area contributed by atoms with Gasteiger partial charge in [0.25, 0.3) is 0 Å². The normalized spacial score (nSPS) is 25.5. The van der Waals surface area contributed by atoms with Gasteiger partial charge >= 0.3 is 0 Å². The summed E-state index contributed by atoms with van der Waals surface area (Å²) in [4.78, 5) is 41.2. The predicted molar refractivity (Wildman–Crippen MR) is 261 cm³/mol. The number of rotatable bonds is 18. The van der Waals surface area contributed by atoms with Crippen LogP contribution in [0.2, 0.25) is 0 Å². The van der Waals surface area contributed by atoms with Crippen molar-refractivity contribution in [3.63, 3.8) is 0 Å². The molecular formula is C45H61N23O4. The monoisotopic (exact) mass is 988 g/mol. The Balaban J connectivity index is 0.821. The van der Waals surface area contributed by atoms with Crippen LogP contribution in [0.1, 0.15) is 99.4 Å². The van der Waals surface area contributed by atoms with Crippen molar-refractivity contribution in [2.24, 2.45) is 14.1 Å². The summed E-state index contributed by atoms with van der Waals surface area (Å²) in [6.45, 7) is 4.99. The molecule has 11 rings (SSSR count). The molecule has 3 aliphatic rings. The van der Waals surface area contributed by atoms with E-state index in [9.17, 15) is 20.4 Å². The second-order valence-corrected chi connectivity index (χ2v) is 19.3. The van der Waals surface area contributed by atoms with Gasteiger partial charge in [0.15, 0.2) is 39.8 Å². The number of imidazole rings is 4. The number of anilines is 4. The average Bonchev–Trinajstić information content (AvgIpc) is 4.26. The maximum atomic E-state index is 11.5. The fourth-order valence-corrected chi connectivity index (χ4v) is 10.4. The van der Waals surface area contributed by atoms with Gasteiger partial charge in [-0.25, -0.2) is 19.9 Å². The molecule has 3 fully saturated rings. The molecular weight excluding hydrogens is 927 g/mol. The van der Waals surface area contributed by atoms with Crippen LogP contribution in [0.5, 0.6) is 0 Å². The number of aryl methyl sites for hydroxylation is 4. The van der Waals surface area contributed by atoms with Crippen LogP contribution in [0.3, 0.4) is 0 Å². The lowest BCUT2D eigenvalue weighted by atomic mass is 9.91. The number of hydrogen-bond acceptors (Lipinski definition) is 21. The average molecular weight is 988 g/mol. The summed E-state index contributed by atoms with van der Waals surface area (Å²) < 4.78 is 7.47. The fourth-order valence-electron chi connectivity index (χ4n) is 10.4. The SMILES string of the molecule is CCc1cnn([C@H]2C[C@@H](n3cnc4c(NC5CCC(Nc6nc(NCCc7cn(C)cn7)nc7c6ncn7[C@@H]6C[C@H](n7nnc(CC)n7)[C@@H](O)[C@H]6O)CC5)nc(NCCc5cn(C)cn5)nc43)[C@H](O)[C@@H]2O)n1. The number of fused-ring (bicyclic) bond motifs is 2. The topological polar surface area (TPSA) is 326 Å². The lowest BCUT2D eigenvalue weighted by Crippen LogP contribution is -2.33. The quantitative estimate of drug-likeness (QED) is 0.0597. The van der Waals surface area contributed by atoms with Crippen molar-refractivity contribution >= 4 is 45.9 Å². The van der Waals surface area contributed by atoms with Gasteiger partial charge in [-0.2, -0.15) is 39.7 Å². The van der Waals surface area contributed by atoms with Crippen LogP contribution in [0.4, 0.5) is 23.5 Å². The van der Waals surface area contributed by atoms with Crippen molar-refractivity contribution in [3.05, 3.63) is 66.8 Å². The van der Waals surface area contributed by atoms with Gasteiger partial charge < -0.3 is 60.0 Å². The Morgan fingerprint density at radius 2 is 1.07 bits per heavy atom. The standard InChI is InChI=1S/C45H61N23O4/c1-5-24-17-52-67(60-24)31-15-29(36(69)38(31)71)65-22-50-34-40(55-44(57-42(34)65)46-13-11-27-18-63(3)20-48-27)53-25-7-9-26(10-8-25)54-41-35-43(58-45(56-41)47-14-12-28-19-64(4)21-49-28)66(23-51-35)30-16-32(39(72)37(30)70)68-61-33(6-2)59-62-68/h17-23,25-26,29-32,36-39,69-72H,5-16H2,1-4H3,(H2,46,53,55,57)(H2,47,54,56,58)/t25?,26?,29-,30-,31+,32+,36+,37+,38-,39-/m1/s1. The van der Waals surface area contributed by atoms with Gasteiger partial charge in [-0.15, -0.1) is 10.2 Å². The summed E-state index contributed by atoms with van der Waals surface area (Å²) in [6.07, 6.45) is 14.5. The van der Waals surface area contributed by atoms with Crippen LogP contribution in [-0.2, 0) is 39.8 Å². The number of nitrogens with zero attached hydrogens (tertiary/aromatic N) is 19. The fraction of sp³-hybridized carbons (Fsp3) is 0.578. The molecule has 0 bridgehead atoms. The highest BCUT2D eigenvalue weighted by Gasteiger charge is 2.47. The lowest BCUT2D eigenvalue weighted by molar-refractivity contribution is 0.00473. The summed E-state index contributed by atoms with van der Waals surface area (Å²) in [5.41, 5.74) is 4.81. The molecule has 8 N–H and O–H groups in total. The molecule has 8 aromatic rings. The smallest absolute Gasteiger partial charge is 0.226 e. The zero-order valence-corrected chi connectivity index (χ0v) is 40.6. The Labute approximate surface area is 412 Å². The number of aliphatic hydroxyl groups is 4. The van der Waals surface area contributed by atoms with Gasteiger partial charge in [0, 0.05) is 70.9 Å². The number of tetrazole rings is 1. The number of aliphatic hydroxyl groups excluding tert-OH is 4. The summed E-state index contributed by atoms with van der Waals surface area (Å²) in [5.74, 6) is 2.48. The van der Waals surface area contributed by atoms with E-state index in [1.807, 2.05) is 58.6 Å². The van der Waals surface area contributed by atoms with Crippen LogP contribution in [-0.4, -0.2) is 163 Å². The minimum Gasteiger partial charge on any atom is -0.388 e. The lowest BCUT2D eigenvalue weighted by Gasteiger charge is -2.30. The van der Waals surface area contributed by atoms with Crippen LogP contribution >= 0.6 is 0 Å². The van der Waals surface area contributed by atoms with Gasteiger partial charge in [0.05, 0.1) is 60.7 Å². The van der Waals surface area contributed by atoms with Crippen molar-refractivity contribution in [2.45, 2.75) is 139 Å². The first-order valence-corrected chi connectivity index (χ1v) is 24.8. The van der Waals surface area contributed by atoms with Crippen molar-refractivity contribution in [1.29, 1.82) is 0 Å². The summed E-state index contributed by atoms with van der Waals surface area (Å²) in [7, 11) is 3.87. The minimum atomic E-state index is -1.14. The van der Waals surface area contributed by atoms with E-state index in [4.69, 9.17) is 29.9 Å². The number of hydrogen-bond donors (Lipinski definition) is 8. The first kappa shape index (κ1) is 47.1. The van der Waals surface area contributed by atoms with Crippen molar-refractivity contribution in [1.82, 2.24) is 93.3 Å². The molecule has 72 heavy (non-hydrogen) atoms. The maximum absolute atomic E-state index is 11.5. The van der Waals surface area contributed by atoms with Gasteiger partial charge in [0.2, 0.25) is 11.9 Å². The van der Waals surface area contributed by atoms with Gasteiger partial charge in [0.1, 0.15) is 36.5 Å². The van der Waals surface area contributed by atoms with Crippen LogP contribution < -0.4 is 21.3 Å². The zero-order chi connectivity index (χ0) is 49.6. The van der Waals surface area contributed by atoms with Crippen molar-refractivity contribution in [3.8, 4) is 0 Å². The third-order valence-electron chi connectivity index (χ3n) is 14.4. The van der Waals surface area contributed by atoms with Crippen LogP contribution in [0, 0.1) is 0 Å². The van der Waals surface area contributed by atoms with E-state index in [0.29, 0.717) is 103 Å². The molecule has 0 aromatic carbocycles.